The monoisotopic (exact) mass is 341 g/mol. The van der Waals surface area contributed by atoms with Crippen molar-refractivity contribution in [3.63, 3.8) is 0 Å². The third-order valence-electron chi connectivity index (χ3n) is 3.18. The first-order valence-corrected chi connectivity index (χ1v) is 7.68. The Morgan fingerprint density at radius 3 is 3.04 bits per heavy atom. The molecule has 0 saturated carbocycles. The average molecular weight is 341 g/mol. The minimum Gasteiger partial charge on any atom is -0.504 e. The summed E-state index contributed by atoms with van der Waals surface area (Å²) in [6.45, 7) is 2.32. The number of phenols is 1. The smallest absolute Gasteiger partial charge is 0.216 e. The van der Waals surface area contributed by atoms with Crippen LogP contribution in [0.15, 0.2) is 47.8 Å². The number of ether oxygens (including phenoxy) is 1. The molecular formula is C16H15N5O2S. The first-order chi connectivity index (χ1) is 11.7. The summed E-state index contributed by atoms with van der Waals surface area (Å²) in [6, 6.07) is 8.68. The molecule has 2 N–H and O–H groups in total. The fourth-order valence-electron chi connectivity index (χ4n) is 2.09. The SMILES string of the molecule is CCOc1cc(C=Nn2c(-c3cccnc3)n[nH]c2=S)ccc1O. The molecule has 2 heterocycles. The maximum absolute atomic E-state index is 9.74. The Labute approximate surface area is 143 Å². The molecule has 7 nitrogen and oxygen atoms in total. The zero-order valence-electron chi connectivity index (χ0n) is 12.9. The third-order valence-corrected chi connectivity index (χ3v) is 3.44. The molecule has 8 heteroatoms. The Hall–Kier alpha value is -3.00. The molecule has 0 unspecified atom stereocenters. The number of pyridine rings is 1. The number of hydrogen-bond acceptors (Lipinski definition) is 6. The highest BCUT2D eigenvalue weighted by molar-refractivity contribution is 7.71. The van der Waals surface area contributed by atoms with Crippen LogP contribution in [0.5, 0.6) is 11.5 Å². The molecule has 0 spiro atoms. The van der Waals surface area contributed by atoms with Crippen LogP contribution >= 0.6 is 12.2 Å². The fraction of sp³-hybridized carbons (Fsp3) is 0.125. The largest absolute Gasteiger partial charge is 0.504 e. The molecule has 0 aliphatic carbocycles. The van der Waals surface area contributed by atoms with Crippen LogP contribution in [-0.2, 0) is 0 Å². The van der Waals surface area contributed by atoms with E-state index in [1.807, 2.05) is 19.1 Å². The Morgan fingerprint density at radius 2 is 2.29 bits per heavy atom. The van der Waals surface area contributed by atoms with Crippen LogP contribution in [0.25, 0.3) is 11.4 Å². The van der Waals surface area contributed by atoms with E-state index in [1.54, 1.807) is 36.8 Å². The summed E-state index contributed by atoms with van der Waals surface area (Å²) in [5, 5.41) is 21.0. The summed E-state index contributed by atoms with van der Waals surface area (Å²) in [5.41, 5.74) is 1.55. The molecule has 0 aliphatic rings. The van der Waals surface area contributed by atoms with Crippen molar-refractivity contribution >= 4 is 18.4 Å². The van der Waals surface area contributed by atoms with Gasteiger partial charge in [0.15, 0.2) is 17.3 Å². The van der Waals surface area contributed by atoms with Crippen molar-refractivity contribution in [2.45, 2.75) is 6.92 Å². The summed E-state index contributed by atoms with van der Waals surface area (Å²) in [7, 11) is 0. The molecule has 3 rings (SSSR count). The Bertz CT molecular complexity index is 918. The van der Waals surface area contributed by atoms with Gasteiger partial charge < -0.3 is 9.84 Å². The number of H-pyrrole nitrogens is 1. The van der Waals surface area contributed by atoms with Gasteiger partial charge in [-0.3, -0.25) is 4.98 Å². The van der Waals surface area contributed by atoms with Crippen molar-refractivity contribution < 1.29 is 9.84 Å². The van der Waals surface area contributed by atoms with E-state index in [-0.39, 0.29) is 5.75 Å². The van der Waals surface area contributed by atoms with Crippen LogP contribution in [0.3, 0.4) is 0 Å². The summed E-state index contributed by atoms with van der Waals surface area (Å²) in [5.74, 6) is 1.06. The molecule has 0 atom stereocenters. The van der Waals surface area contributed by atoms with Gasteiger partial charge in [0, 0.05) is 18.0 Å². The van der Waals surface area contributed by atoms with E-state index < -0.39 is 0 Å². The highest BCUT2D eigenvalue weighted by Gasteiger charge is 2.08. The molecule has 0 saturated heterocycles. The topological polar surface area (TPSA) is 88.3 Å². The maximum Gasteiger partial charge on any atom is 0.216 e. The van der Waals surface area contributed by atoms with Gasteiger partial charge in [0.25, 0.3) is 0 Å². The molecule has 2 aromatic heterocycles. The van der Waals surface area contributed by atoms with Gasteiger partial charge >= 0.3 is 0 Å². The van der Waals surface area contributed by atoms with Crippen LogP contribution < -0.4 is 4.74 Å². The standard InChI is InChI=1S/C16H15N5O2S/c1-2-23-14-8-11(5-6-13(14)22)9-18-21-15(19-20-16(21)24)12-4-3-7-17-10-12/h3-10,22H,2H2,1H3,(H,20,24). The molecular weight excluding hydrogens is 326 g/mol. The number of nitrogens with one attached hydrogen (secondary N) is 1. The highest BCUT2D eigenvalue weighted by Crippen LogP contribution is 2.26. The zero-order chi connectivity index (χ0) is 16.9. The lowest BCUT2D eigenvalue weighted by Gasteiger charge is -2.06. The number of nitrogens with zero attached hydrogens (tertiary/aromatic N) is 4. The van der Waals surface area contributed by atoms with Crippen molar-refractivity contribution in [3.8, 4) is 22.9 Å². The van der Waals surface area contributed by atoms with Gasteiger partial charge in [-0.25, -0.2) is 5.10 Å². The average Bonchev–Trinajstić information content (AvgIpc) is 2.97. The molecule has 0 radical (unpaired) electrons. The lowest BCUT2D eigenvalue weighted by Crippen LogP contribution is -1.96. The van der Waals surface area contributed by atoms with Gasteiger partial charge in [0.05, 0.1) is 12.8 Å². The van der Waals surface area contributed by atoms with Gasteiger partial charge in [-0.05, 0) is 55.0 Å². The lowest BCUT2D eigenvalue weighted by atomic mass is 10.2. The summed E-state index contributed by atoms with van der Waals surface area (Å²) < 4.78 is 7.25. The van der Waals surface area contributed by atoms with Crippen molar-refractivity contribution in [2.24, 2.45) is 5.10 Å². The number of aromatic amines is 1. The van der Waals surface area contributed by atoms with E-state index in [0.717, 1.165) is 11.1 Å². The molecule has 0 aliphatic heterocycles. The number of hydrogen-bond donors (Lipinski definition) is 2. The van der Waals surface area contributed by atoms with Gasteiger partial charge in [-0.2, -0.15) is 14.9 Å². The minimum atomic E-state index is 0.0879. The second-order valence-corrected chi connectivity index (χ2v) is 5.20. The molecule has 0 fully saturated rings. The Balaban J connectivity index is 1.95. The fourth-order valence-corrected chi connectivity index (χ4v) is 2.27. The van der Waals surface area contributed by atoms with Gasteiger partial charge in [0.2, 0.25) is 4.77 Å². The van der Waals surface area contributed by atoms with Crippen LogP contribution in [0, 0.1) is 4.77 Å². The predicted molar refractivity (Wildman–Crippen MR) is 92.9 cm³/mol. The van der Waals surface area contributed by atoms with Gasteiger partial charge in [-0.1, -0.05) is 0 Å². The molecule has 1 aromatic carbocycles. The van der Waals surface area contributed by atoms with Crippen LogP contribution in [-0.4, -0.2) is 37.8 Å². The van der Waals surface area contributed by atoms with E-state index in [1.165, 1.54) is 4.68 Å². The summed E-state index contributed by atoms with van der Waals surface area (Å²) >= 11 is 5.22. The number of aromatic nitrogens is 4. The van der Waals surface area contributed by atoms with E-state index in [2.05, 4.69) is 20.3 Å². The second kappa shape index (κ2) is 7.05. The molecule has 122 valence electrons. The normalized spacial score (nSPS) is 11.0. The first kappa shape index (κ1) is 15.9. The number of benzene rings is 1. The van der Waals surface area contributed by atoms with Gasteiger partial charge in [0.1, 0.15) is 0 Å². The van der Waals surface area contributed by atoms with Crippen molar-refractivity contribution in [3.05, 3.63) is 53.1 Å². The Morgan fingerprint density at radius 1 is 1.42 bits per heavy atom. The predicted octanol–water partition coefficient (Wildman–Crippen LogP) is 2.99. The highest BCUT2D eigenvalue weighted by atomic mass is 32.1. The third kappa shape index (κ3) is 3.33. The molecule has 24 heavy (non-hydrogen) atoms. The number of aromatic hydroxyl groups is 1. The van der Waals surface area contributed by atoms with Crippen LogP contribution in [0.2, 0.25) is 0 Å². The summed E-state index contributed by atoms with van der Waals surface area (Å²) in [6.07, 6.45) is 4.99. The molecule has 0 amide bonds. The molecule has 3 aromatic rings. The lowest BCUT2D eigenvalue weighted by molar-refractivity contribution is 0.318. The quantitative estimate of drug-likeness (QED) is 0.550. The number of rotatable bonds is 5. The summed E-state index contributed by atoms with van der Waals surface area (Å²) in [4.78, 5) is 4.07. The first-order valence-electron chi connectivity index (χ1n) is 7.27. The van der Waals surface area contributed by atoms with Gasteiger partial charge in [-0.15, -0.1) is 0 Å². The van der Waals surface area contributed by atoms with Crippen LogP contribution in [0.4, 0.5) is 0 Å². The van der Waals surface area contributed by atoms with E-state index in [4.69, 9.17) is 17.0 Å². The minimum absolute atomic E-state index is 0.0879. The van der Waals surface area contributed by atoms with Crippen molar-refractivity contribution in [2.75, 3.05) is 6.61 Å². The van der Waals surface area contributed by atoms with E-state index >= 15 is 0 Å². The van der Waals surface area contributed by atoms with E-state index in [0.29, 0.717) is 23.0 Å². The van der Waals surface area contributed by atoms with E-state index in [9.17, 15) is 5.11 Å². The maximum atomic E-state index is 9.74. The van der Waals surface area contributed by atoms with Crippen molar-refractivity contribution in [1.82, 2.24) is 19.9 Å². The van der Waals surface area contributed by atoms with Crippen LogP contribution in [0.1, 0.15) is 12.5 Å². The molecule has 0 bridgehead atoms. The second-order valence-electron chi connectivity index (χ2n) is 4.81. The zero-order valence-corrected chi connectivity index (χ0v) is 13.7. The number of phenolic OH excluding ortho intramolecular Hbond substituents is 1. The van der Waals surface area contributed by atoms with Crippen molar-refractivity contribution in [1.29, 1.82) is 0 Å². The Kier molecular flexibility index (Phi) is 4.66.